The largest absolute Gasteiger partial charge is 0.376 e. The van der Waals surface area contributed by atoms with Crippen LogP contribution in [0, 0.1) is 5.92 Å². The van der Waals surface area contributed by atoms with Gasteiger partial charge in [-0.1, -0.05) is 30.7 Å². The van der Waals surface area contributed by atoms with Gasteiger partial charge in [-0.15, -0.1) is 0 Å². The molecule has 2 nitrogen and oxygen atoms in total. The van der Waals surface area contributed by atoms with E-state index in [0.29, 0.717) is 12.5 Å². The lowest BCUT2D eigenvalue weighted by Gasteiger charge is -2.11. The van der Waals surface area contributed by atoms with E-state index in [4.69, 9.17) is 16.3 Å². The molecule has 0 spiro atoms. The molecule has 3 heteroatoms. The minimum Gasteiger partial charge on any atom is -0.376 e. The maximum atomic E-state index is 5.79. The highest BCUT2D eigenvalue weighted by atomic mass is 35.5. The third kappa shape index (κ3) is 5.17. The second-order valence-electron chi connectivity index (χ2n) is 3.80. The Morgan fingerprint density at radius 1 is 1.33 bits per heavy atom. The molecule has 0 aliphatic heterocycles. The van der Waals surface area contributed by atoms with E-state index in [1.54, 1.807) is 0 Å². The third-order valence-corrected chi connectivity index (χ3v) is 2.39. The van der Waals surface area contributed by atoms with Crippen molar-refractivity contribution in [3.05, 3.63) is 34.9 Å². The molecular formula is C12H18ClNO. The molecule has 0 amide bonds. The summed E-state index contributed by atoms with van der Waals surface area (Å²) >= 11 is 5.79. The minimum atomic E-state index is 0.544. The molecule has 1 aromatic carbocycles. The van der Waals surface area contributed by atoms with Gasteiger partial charge in [-0.3, -0.25) is 0 Å². The summed E-state index contributed by atoms with van der Waals surface area (Å²) < 4.78 is 5.59. The van der Waals surface area contributed by atoms with Crippen LogP contribution < -0.4 is 5.32 Å². The van der Waals surface area contributed by atoms with Crippen molar-refractivity contribution in [3.63, 3.8) is 0 Å². The fourth-order valence-electron chi connectivity index (χ4n) is 1.37. The van der Waals surface area contributed by atoms with Gasteiger partial charge in [0.2, 0.25) is 0 Å². The highest BCUT2D eigenvalue weighted by Crippen LogP contribution is 2.10. The van der Waals surface area contributed by atoms with E-state index in [1.165, 1.54) is 0 Å². The Morgan fingerprint density at radius 2 is 2.00 bits per heavy atom. The number of halogens is 1. The Balaban J connectivity index is 2.22. The maximum Gasteiger partial charge on any atom is 0.0717 e. The molecule has 1 N–H and O–H groups in total. The Bertz CT molecular complexity index is 273. The van der Waals surface area contributed by atoms with Crippen LogP contribution >= 0.6 is 11.6 Å². The lowest BCUT2D eigenvalue weighted by molar-refractivity contribution is 0.0924. The Morgan fingerprint density at radius 3 is 2.60 bits per heavy atom. The van der Waals surface area contributed by atoms with Crippen LogP contribution in [0.4, 0.5) is 0 Å². The second kappa shape index (κ2) is 6.83. The Labute approximate surface area is 96.6 Å². The van der Waals surface area contributed by atoms with E-state index in [0.717, 1.165) is 23.7 Å². The molecule has 1 unspecified atom stereocenters. The third-order valence-electron chi connectivity index (χ3n) is 2.14. The van der Waals surface area contributed by atoms with Crippen molar-refractivity contribution in [3.8, 4) is 0 Å². The van der Waals surface area contributed by atoms with Gasteiger partial charge in [-0.05, 0) is 37.2 Å². The average molecular weight is 228 g/mol. The Hall–Kier alpha value is -0.570. The summed E-state index contributed by atoms with van der Waals surface area (Å²) in [6.45, 7) is 4.59. The molecule has 1 rings (SSSR count). The van der Waals surface area contributed by atoms with Crippen LogP contribution in [0.3, 0.4) is 0 Å². The number of nitrogens with one attached hydrogen (secondary N) is 1. The first-order valence-corrected chi connectivity index (χ1v) is 5.57. The first-order chi connectivity index (χ1) is 7.22. The summed E-state index contributed by atoms with van der Waals surface area (Å²) in [5.74, 6) is 0.544. The molecule has 1 atom stereocenters. The highest BCUT2D eigenvalue weighted by molar-refractivity contribution is 6.30. The molecule has 84 valence electrons. The van der Waals surface area contributed by atoms with E-state index in [2.05, 4.69) is 12.2 Å². The van der Waals surface area contributed by atoms with E-state index in [1.807, 2.05) is 31.3 Å². The zero-order chi connectivity index (χ0) is 11.1. The van der Waals surface area contributed by atoms with Gasteiger partial charge in [-0.2, -0.15) is 0 Å². The molecule has 0 radical (unpaired) electrons. The zero-order valence-electron chi connectivity index (χ0n) is 9.29. The van der Waals surface area contributed by atoms with E-state index >= 15 is 0 Å². The molecule has 0 saturated carbocycles. The van der Waals surface area contributed by atoms with Crippen molar-refractivity contribution in [1.82, 2.24) is 5.32 Å². The van der Waals surface area contributed by atoms with Gasteiger partial charge in [0.15, 0.2) is 0 Å². The van der Waals surface area contributed by atoms with Gasteiger partial charge in [0.05, 0.1) is 13.2 Å². The minimum absolute atomic E-state index is 0.544. The standard InChI is InChI=1S/C12H18ClNO/c1-10(7-14-2)8-15-9-11-3-5-12(13)6-4-11/h3-6,10,14H,7-9H2,1-2H3. The van der Waals surface area contributed by atoms with E-state index in [9.17, 15) is 0 Å². The van der Waals surface area contributed by atoms with E-state index < -0.39 is 0 Å². The molecule has 0 aliphatic rings. The molecule has 0 aliphatic carbocycles. The summed E-state index contributed by atoms with van der Waals surface area (Å²) in [4.78, 5) is 0. The van der Waals surface area contributed by atoms with Gasteiger partial charge >= 0.3 is 0 Å². The van der Waals surface area contributed by atoms with Crippen molar-refractivity contribution in [2.24, 2.45) is 5.92 Å². The van der Waals surface area contributed by atoms with Crippen LogP contribution in [-0.4, -0.2) is 20.2 Å². The first-order valence-electron chi connectivity index (χ1n) is 5.19. The van der Waals surface area contributed by atoms with Gasteiger partial charge in [0.1, 0.15) is 0 Å². The van der Waals surface area contributed by atoms with Crippen LogP contribution in [0.15, 0.2) is 24.3 Å². The van der Waals surface area contributed by atoms with Crippen LogP contribution in [0.25, 0.3) is 0 Å². The van der Waals surface area contributed by atoms with Gasteiger partial charge < -0.3 is 10.1 Å². The van der Waals surface area contributed by atoms with Crippen molar-refractivity contribution in [2.45, 2.75) is 13.5 Å². The molecule has 15 heavy (non-hydrogen) atoms. The molecule has 0 saturated heterocycles. The van der Waals surface area contributed by atoms with Crippen LogP contribution in [0.5, 0.6) is 0 Å². The van der Waals surface area contributed by atoms with E-state index in [-0.39, 0.29) is 0 Å². The summed E-state index contributed by atoms with van der Waals surface area (Å²) in [5.41, 5.74) is 1.16. The second-order valence-corrected chi connectivity index (χ2v) is 4.24. The number of benzene rings is 1. The number of rotatable bonds is 6. The maximum absolute atomic E-state index is 5.79. The average Bonchev–Trinajstić information content (AvgIpc) is 2.21. The molecule has 1 aromatic rings. The quantitative estimate of drug-likeness (QED) is 0.807. The van der Waals surface area contributed by atoms with Crippen LogP contribution in [0.2, 0.25) is 5.02 Å². The smallest absolute Gasteiger partial charge is 0.0717 e. The number of hydrogen-bond acceptors (Lipinski definition) is 2. The van der Waals surface area contributed by atoms with Crippen LogP contribution in [0.1, 0.15) is 12.5 Å². The van der Waals surface area contributed by atoms with Crippen molar-refractivity contribution in [1.29, 1.82) is 0 Å². The molecule has 0 heterocycles. The van der Waals surface area contributed by atoms with Crippen molar-refractivity contribution in [2.75, 3.05) is 20.2 Å². The Kier molecular flexibility index (Phi) is 5.69. The topological polar surface area (TPSA) is 21.3 Å². The fraction of sp³-hybridized carbons (Fsp3) is 0.500. The summed E-state index contributed by atoms with van der Waals surface area (Å²) in [6.07, 6.45) is 0. The van der Waals surface area contributed by atoms with Gasteiger partial charge in [-0.25, -0.2) is 0 Å². The lowest BCUT2D eigenvalue weighted by atomic mass is 10.2. The molecule has 0 aromatic heterocycles. The predicted octanol–water partition coefficient (Wildman–Crippen LogP) is 2.71. The van der Waals surface area contributed by atoms with Gasteiger partial charge in [0.25, 0.3) is 0 Å². The normalized spacial score (nSPS) is 12.7. The predicted molar refractivity (Wildman–Crippen MR) is 64.2 cm³/mol. The van der Waals surface area contributed by atoms with Crippen LogP contribution in [-0.2, 0) is 11.3 Å². The molecule has 0 fully saturated rings. The lowest BCUT2D eigenvalue weighted by Crippen LogP contribution is -2.20. The zero-order valence-corrected chi connectivity index (χ0v) is 10.1. The summed E-state index contributed by atoms with van der Waals surface area (Å²) in [7, 11) is 1.95. The molecule has 0 bridgehead atoms. The SMILES string of the molecule is CNCC(C)COCc1ccc(Cl)cc1. The number of ether oxygens (including phenoxy) is 1. The summed E-state index contributed by atoms with van der Waals surface area (Å²) in [5, 5.41) is 3.89. The molecular weight excluding hydrogens is 210 g/mol. The van der Waals surface area contributed by atoms with Crippen molar-refractivity contribution < 1.29 is 4.74 Å². The highest BCUT2D eigenvalue weighted by Gasteiger charge is 2.00. The fourth-order valence-corrected chi connectivity index (χ4v) is 1.49. The summed E-state index contributed by atoms with van der Waals surface area (Å²) in [6, 6.07) is 7.75. The monoisotopic (exact) mass is 227 g/mol. The number of hydrogen-bond donors (Lipinski definition) is 1. The first kappa shape index (κ1) is 12.5. The van der Waals surface area contributed by atoms with Crippen molar-refractivity contribution >= 4 is 11.6 Å². The van der Waals surface area contributed by atoms with Gasteiger partial charge in [0, 0.05) is 5.02 Å².